The van der Waals surface area contributed by atoms with Gasteiger partial charge in [-0.05, 0) is 40.4 Å². The number of carbonyl (C=O) groups is 3. The summed E-state index contributed by atoms with van der Waals surface area (Å²) in [4.78, 5) is 25.0. The molecule has 0 aliphatic heterocycles. The van der Waals surface area contributed by atoms with Gasteiger partial charge in [0.05, 0.1) is 0 Å². The zero-order valence-corrected chi connectivity index (χ0v) is 8.64. The molecule has 88 valence electrons. The third-order valence-electron chi connectivity index (χ3n) is 0. The Morgan fingerprint density at radius 3 is 0.500 bits per heavy atom. The molecule has 0 aromatic rings. The molecular formula is C3H8Al2O9Si2. The van der Waals surface area contributed by atoms with Gasteiger partial charge in [0.2, 0.25) is 0 Å². The fourth-order valence-electron chi connectivity index (χ4n) is 0. The molecule has 0 aliphatic rings. The molecule has 13 heteroatoms. The monoisotopic (exact) mass is 298 g/mol. The molecule has 0 radical (unpaired) electrons. The van der Waals surface area contributed by atoms with E-state index in [0.29, 0.717) is 0 Å². The van der Waals surface area contributed by atoms with Crippen molar-refractivity contribution >= 4 is 75.1 Å². The average molecular weight is 298 g/mol. The van der Waals surface area contributed by atoms with Gasteiger partial charge in [-0.15, -0.1) is 0 Å². The molecule has 0 bridgehead atoms. The van der Waals surface area contributed by atoms with Gasteiger partial charge >= 0.3 is 34.7 Å². The van der Waals surface area contributed by atoms with Gasteiger partial charge in [0.25, 0.3) is 0 Å². The van der Waals surface area contributed by atoms with Crippen molar-refractivity contribution < 1.29 is 45.0 Å². The molecule has 16 heavy (non-hydrogen) atoms. The van der Waals surface area contributed by atoms with Gasteiger partial charge in [0.1, 0.15) is 0 Å². The van der Waals surface area contributed by atoms with E-state index < -0.39 is 18.5 Å². The smallest absolute Gasteiger partial charge is 0.652 e. The first-order chi connectivity index (χ1) is 5.20. The fraction of sp³-hybridized carbons (Fsp3) is 0. The van der Waals surface area contributed by atoms with E-state index in [1.54, 1.807) is 0 Å². The van der Waals surface area contributed by atoms with Crippen LogP contribution in [0.4, 0.5) is 14.4 Å². The first-order valence-corrected chi connectivity index (χ1v) is 1.84. The summed E-state index contributed by atoms with van der Waals surface area (Å²) in [6.45, 7) is 0. The number of hydrogen-bond acceptors (Lipinski definition) is 9. The summed E-state index contributed by atoms with van der Waals surface area (Å²) in [6.07, 6.45) is -7.00. The largest absolute Gasteiger partial charge is 3.00 e. The van der Waals surface area contributed by atoms with Crippen LogP contribution in [0.15, 0.2) is 0 Å². The van der Waals surface area contributed by atoms with E-state index in [1.165, 1.54) is 0 Å². The maximum atomic E-state index is 8.33. The van der Waals surface area contributed by atoms with Crippen molar-refractivity contribution in [3.63, 3.8) is 0 Å². The Bertz CT molecular complexity index is 124. The summed E-state index contributed by atoms with van der Waals surface area (Å²) in [5.74, 6) is 0. The molecule has 0 aromatic heterocycles. The van der Waals surface area contributed by atoms with Crippen LogP contribution in [0.25, 0.3) is 0 Å². The fourth-order valence-corrected chi connectivity index (χ4v) is 0. The molecule has 9 nitrogen and oxygen atoms in total. The van der Waals surface area contributed by atoms with E-state index in [0.717, 1.165) is 0 Å². The van der Waals surface area contributed by atoms with Gasteiger partial charge in [0, 0.05) is 0 Å². The minimum Gasteiger partial charge on any atom is -0.652 e. The van der Waals surface area contributed by atoms with Crippen LogP contribution >= 0.6 is 0 Å². The first-order valence-electron chi connectivity index (χ1n) is 1.84. The zero-order valence-electron chi connectivity index (χ0n) is 6.33. The molecule has 0 amide bonds. The van der Waals surface area contributed by atoms with E-state index in [9.17, 15) is 0 Å². The molecule has 0 atom stereocenters. The van der Waals surface area contributed by atoms with Crippen LogP contribution in [0.3, 0.4) is 0 Å². The van der Waals surface area contributed by atoms with Crippen LogP contribution < -0.4 is 30.6 Å². The normalized spacial score (nSPS) is 4.50. The molecule has 0 rings (SSSR count). The van der Waals surface area contributed by atoms with Gasteiger partial charge < -0.3 is 45.0 Å². The summed E-state index contributed by atoms with van der Waals surface area (Å²) in [7, 11) is 0. The summed E-state index contributed by atoms with van der Waals surface area (Å²) < 4.78 is 0. The summed E-state index contributed by atoms with van der Waals surface area (Å²) in [5, 5.41) is 50.0. The molecule has 0 saturated heterocycles. The minimum atomic E-state index is -2.33. The average Bonchev–Trinajstić information content (AvgIpc) is 1.54. The van der Waals surface area contributed by atoms with Gasteiger partial charge in [-0.3, -0.25) is 0 Å². The van der Waals surface area contributed by atoms with Crippen molar-refractivity contribution in [2.75, 3.05) is 0 Å². The van der Waals surface area contributed by atoms with Crippen molar-refractivity contribution in [3.8, 4) is 0 Å². The molecule has 0 aromatic carbocycles. The topological polar surface area (TPSA) is 190 Å². The van der Waals surface area contributed by atoms with Crippen LogP contribution in [0, 0.1) is 0 Å². The first kappa shape index (κ1) is 45.4. The molecule has 0 fully saturated rings. The molecular weight excluding hydrogens is 290 g/mol. The number of carbonyl (C=O) groups excluding carboxylic acids is 3. The number of hydrogen-bond donors (Lipinski definition) is 0. The van der Waals surface area contributed by atoms with Crippen molar-refractivity contribution in [3.05, 3.63) is 0 Å². The van der Waals surface area contributed by atoms with E-state index in [2.05, 4.69) is 0 Å². The molecule has 0 saturated carbocycles. The summed E-state index contributed by atoms with van der Waals surface area (Å²) in [5.41, 5.74) is 0. The second-order valence-corrected chi connectivity index (χ2v) is 0.750. The van der Waals surface area contributed by atoms with Crippen molar-refractivity contribution in [1.29, 1.82) is 0 Å². The van der Waals surface area contributed by atoms with Crippen LogP contribution in [-0.4, -0.2) is 75.1 Å². The third-order valence-corrected chi connectivity index (χ3v) is 0. The maximum Gasteiger partial charge on any atom is 3.00 e. The Hall–Kier alpha value is -0.691. The van der Waals surface area contributed by atoms with Gasteiger partial charge in [-0.25, -0.2) is 0 Å². The van der Waals surface area contributed by atoms with Crippen LogP contribution in [-0.2, 0) is 0 Å². The van der Waals surface area contributed by atoms with E-state index in [4.69, 9.17) is 45.0 Å². The second kappa shape index (κ2) is 36.7. The van der Waals surface area contributed by atoms with Crippen LogP contribution in [0.1, 0.15) is 0 Å². The quantitative estimate of drug-likeness (QED) is 0.390. The van der Waals surface area contributed by atoms with Crippen molar-refractivity contribution in [1.82, 2.24) is 0 Å². The number of rotatable bonds is 0. The second-order valence-electron chi connectivity index (χ2n) is 0.750. The molecule has 0 unspecified atom stereocenters. The summed E-state index contributed by atoms with van der Waals surface area (Å²) in [6, 6.07) is 0. The standard InChI is InChI=1S/3CH2O3.2Al.2H4Si/c3*2-1(3)4;;;;/h3*(H2,2,3,4);;;2*1H4/q;;;2*+3;;/p-6. The molecule has 0 spiro atoms. The zero-order chi connectivity index (χ0) is 10.7. The Morgan fingerprint density at radius 1 is 0.500 bits per heavy atom. The van der Waals surface area contributed by atoms with E-state index >= 15 is 0 Å². The van der Waals surface area contributed by atoms with Crippen molar-refractivity contribution in [2.45, 2.75) is 0 Å². The minimum absolute atomic E-state index is 0. The van der Waals surface area contributed by atoms with Gasteiger partial charge in [-0.1, -0.05) is 0 Å². The number of carboxylic acid groups (broad SMARTS) is 6. The van der Waals surface area contributed by atoms with E-state index in [1.807, 2.05) is 0 Å². The Kier molecular flexibility index (Phi) is 104. The SMILES string of the molecule is O=C([O-])[O-].O=C([O-])[O-].O=C([O-])[O-].[Al+3].[Al+3].[SiH4].[SiH4]. The van der Waals surface area contributed by atoms with Gasteiger partial charge in [-0.2, -0.15) is 0 Å². The Labute approximate surface area is 120 Å². The predicted molar refractivity (Wildman–Crippen MR) is 50.4 cm³/mol. The van der Waals surface area contributed by atoms with E-state index in [-0.39, 0.29) is 56.7 Å². The van der Waals surface area contributed by atoms with Crippen LogP contribution in [0.2, 0.25) is 0 Å². The molecule has 0 N–H and O–H groups in total. The Morgan fingerprint density at radius 2 is 0.500 bits per heavy atom. The molecule has 0 heterocycles. The molecule has 0 aliphatic carbocycles. The van der Waals surface area contributed by atoms with Crippen molar-refractivity contribution in [2.24, 2.45) is 0 Å². The van der Waals surface area contributed by atoms with Gasteiger partial charge in [0.15, 0.2) is 0 Å². The summed E-state index contributed by atoms with van der Waals surface area (Å²) >= 11 is 0. The maximum absolute atomic E-state index is 8.33. The predicted octanol–water partition coefficient (Wildman–Crippen LogP) is -11.0. The van der Waals surface area contributed by atoms with Crippen LogP contribution in [0.5, 0.6) is 0 Å². The third kappa shape index (κ3) is 4220. The Balaban J connectivity index is -0.0000000135.